The summed E-state index contributed by atoms with van der Waals surface area (Å²) in [4.78, 5) is 26.9. The van der Waals surface area contributed by atoms with Gasteiger partial charge in [-0.3, -0.25) is 9.59 Å². The maximum absolute atomic E-state index is 11.7. The number of likely N-dealkylation sites (N-methyl/N-ethyl adjacent to an activating group) is 2. The van der Waals surface area contributed by atoms with Gasteiger partial charge in [-0.25, -0.2) is 0 Å². The molecule has 5 nitrogen and oxygen atoms in total. The van der Waals surface area contributed by atoms with Gasteiger partial charge >= 0.3 is 0 Å². The topological polar surface area (TPSA) is 49.9 Å². The van der Waals surface area contributed by atoms with Crippen LogP contribution in [0.5, 0.6) is 0 Å². The number of ketones is 1. The largest absolute Gasteiger partial charge is 0.383 e. The molecule has 1 aromatic carbocycles. The lowest BCUT2D eigenvalue weighted by molar-refractivity contribution is -0.114. The Morgan fingerprint density at radius 2 is 2.05 bits per heavy atom. The number of hydrogen-bond donors (Lipinski definition) is 0. The maximum Gasteiger partial charge on any atom is 0.299 e. The third-order valence-electron chi connectivity index (χ3n) is 3.40. The number of benzene rings is 1. The summed E-state index contributed by atoms with van der Waals surface area (Å²) in [7, 11) is 3.29. The molecular weight excluding hydrogens is 244 g/mol. The predicted molar refractivity (Wildman–Crippen MR) is 73.9 cm³/mol. The first kappa shape index (κ1) is 13.5. The van der Waals surface area contributed by atoms with Gasteiger partial charge in [0.25, 0.3) is 11.7 Å². The molecule has 0 saturated heterocycles. The Morgan fingerprint density at radius 1 is 1.32 bits per heavy atom. The van der Waals surface area contributed by atoms with Crippen LogP contribution in [0.2, 0.25) is 0 Å². The number of amides is 1. The summed E-state index contributed by atoms with van der Waals surface area (Å²) in [5, 5.41) is 0. The normalized spacial score (nSPS) is 13.9. The Hall–Kier alpha value is -1.88. The van der Waals surface area contributed by atoms with E-state index in [4.69, 9.17) is 4.74 Å². The van der Waals surface area contributed by atoms with Crippen LogP contribution in [0.15, 0.2) is 18.2 Å². The second-order valence-electron chi connectivity index (χ2n) is 4.47. The van der Waals surface area contributed by atoms with Gasteiger partial charge in [0.05, 0.1) is 17.9 Å². The predicted octanol–water partition coefficient (Wildman–Crippen LogP) is 1.32. The number of ether oxygens (including phenoxy) is 1. The van der Waals surface area contributed by atoms with Crippen molar-refractivity contribution in [2.24, 2.45) is 0 Å². The highest BCUT2D eigenvalue weighted by molar-refractivity contribution is 6.52. The monoisotopic (exact) mass is 262 g/mol. The van der Waals surface area contributed by atoms with Crippen LogP contribution in [0.25, 0.3) is 0 Å². The lowest BCUT2D eigenvalue weighted by Gasteiger charge is -2.23. The first-order valence-corrected chi connectivity index (χ1v) is 6.30. The molecule has 0 fully saturated rings. The fourth-order valence-electron chi connectivity index (χ4n) is 2.23. The number of rotatable bonds is 5. The third kappa shape index (κ3) is 2.33. The minimum absolute atomic E-state index is 0.427. The van der Waals surface area contributed by atoms with E-state index < -0.39 is 11.7 Å². The summed E-state index contributed by atoms with van der Waals surface area (Å²) < 4.78 is 5.08. The smallest absolute Gasteiger partial charge is 0.299 e. The van der Waals surface area contributed by atoms with Gasteiger partial charge in [0.15, 0.2) is 0 Å². The maximum atomic E-state index is 11.7. The van der Waals surface area contributed by atoms with Crippen molar-refractivity contribution in [3.63, 3.8) is 0 Å². The van der Waals surface area contributed by atoms with Crippen LogP contribution in [-0.4, -0.2) is 45.5 Å². The van der Waals surface area contributed by atoms with Gasteiger partial charge in [-0.15, -0.1) is 0 Å². The molecule has 0 saturated carbocycles. The van der Waals surface area contributed by atoms with Gasteiger partial charge in [0.2, 0.25) is 0 Å². The Labute approximate surface area is 112 Å². The van der Waals surface area contributed by atoms with Crippen molar-refractivity contribution in [2.75, 3.05) is 43.7 Å². The lowest BCUT2D eigenvalue weighted by Crippen LogP contribution is -2.27. The van der Waals surface area contributed by atoms with E-state index in [0.717, 1.165) is 18.8 Å². The van der Waals surface area contributed by atoms with E-state index in [1.807, 2.05) is 12.1 Å². The molecule has 2 rings (SSSR count). The number of fused-ring (bicyclic) bond motifs is 1. The van der Waals surface area contributed by atoms with Crippen LogP contribution in [0, 0.1) is 0 Å². The average Bonchev–Trinajstić information content (AvgIpc) is 2.65. The van der Waals surface area contributed by atoms with E-state index in [0.29, 0.717) is 17.9 Å². The molecule has 0 unspecified atom stereocenters. The molecule has 1 aliphatic heterocycles. The summed E-state index contributed by atoms with van der Waals surface area (Å²) in [5.74, 6) is -0.893. The van der Waals surface area contributed by atoms with Crippen molar-refractivity contribution in [1.82, 2.24) is 0 Å². The lowest BCUT2D eigenvalue weighted by atomic mass is 10.1. The van der Waals surface area contributed by atoms with Crippen molar-refractivity contribution < 1.29 is 14.3 Å². The summed E-state index contributed by atoms with van der Waals surface area (Å²) in [5.41, 5.74) is 2.16. The zero-order valence-corrected chi connectivity index (χ0v) is 11.5. The standard InChI is InChI=1S/C14H18N2O3/c1-4-16(7-8-19-3)10-5-6-11-12(9-10)15(2)14(18)13(11)17/h5-6,9H,4,7-8H2,1-3H3. The van der Waals surface area contributed by atoms with Crippen LogP contribution in [0.3, 0.4) is 0 Å². The molecule has 5 heteroatoms. The molecule has 0 atom stereocenters. The van der Waals surface area contributed by atoms with E-state index in [9.17, 15) is 9.59 Å². The van der Waals surface area contributed by atoms with Crippen LogP contribution in [0.1, 0.15) is 17.3 Å². The second-order valence-corrected chi connectivity index (χ2v) is 4.47. The molecule has 0 radical (unpaired) electrons. The van der Waals surface area contributed by atoms with Crippen LogP contribution in [0.4, 0.5) is 11.4 Å². The molecule has 1 aromatic rings. The number of anilines is 2. The number of carbonyl (C=O) groups excluding carboxylic acids is 2. The summed E-state index contributed by atoms with van der Waals surface area (Å²) in [6, 6.07) is 5.49. The Balaban J connectivity index is 2.31. The number of methoxy groups -OCH3 is 1. The number of nitrogens with zero attached hydrogens (tertiary/aromatic N) is 2. The minimum atomic E-state index is -0.466. The van der Waals surface area contributed by atoms with Gasteiger partial charge in [-0.1, -0.05) is 0 Å². The fourth-order valence-corrected chi connectivity index (χ4v) is 2.23. The molecule has 19 heavy (non-hydrogen) atoms. The Morgan fingerprint density at radius 3 is 2.68 bits per heavy atom. The SMILES string of the molecule is CCN(CCOC)c1ccc2c(c1)N(C)C(=O)C2=O. The van der Waals surface area contributed by atoms with E-state index in [2.05, 4.69) is 11.8 Å². The van der Waals surface area contributed by atoms with Crippen LogP contribution >= 0.6 is 0 Å². The Bertz CT molecular complexity index is 513. The third-order valence-corrected chi connectivity index (χ3v) is 3.40. The highest BCUT2D eigenvalue weighted by atomic mass is 16.5. The average molecular weight is 262 g/mol. The highest BCUT2D eigenvalue weighted by Gasteiger charge is 2.33. The molecule has 0 N–H and O–H groups in total. The van der Waals surface area contributed by atoms with Gasteiger partial charge in [-0.05, 0) is 25.1 Å². The summed E-state index contributed by atoms with van der Waals surface area (Å²) in [6.45, 7) is 4.31. The molecular formula is C14H18N2O3. The minimum Gasteiger partial charge on any atom is -0.383 e. The van der Waals surface area contributed by atoms with Crippen molar-refractivity contribution >= 4 is 23.1 Å². The van der Waals surface area contributed by atoms with Crippen LogP contribution in [-0.2, 0) is 9.53 Å². The molecule has 1 heterocycles. The molecule has 0 spiro atoms. The van der Waals surface area contributed by atoms with E-state index in [-0.39, 0.29) is 0 Å². The summed E-state index contributed by atoms with van der Waals surface area (Å²) in [6.07, 6.45) is 0. The fraction of sp³-hybridized carbons (Fsp3) is 0.429. The molecule has 1 aliphatic rings. The number of Topliss-reactive ketones (excluding diaryl/α,β-unsaturated/α-hetero) is 1. The van der Waals surface area contributed by atoms with E-state index >= 15 is 0 Å². The first-order valence-electron chi connectivity index (χ1n) is 6.30. The molecule has 102 valence electrons. The second kappa shape index (κ2) is 5.40. The highest BCUT2D eigenvalue weighted by Crippen LogP contribution is 2.31. The van der Waals surface area contributed by atoms with Crippen molar-refractivity contribution in [2.45, 2.75) is 6.92 Å². The van der Waals surface area contributed by atoms with E-state index in [1.165, 1.54) is 4.90 Å². The zero-order chi connectivity index (χ0) is 14.0. The quantitative estimate of drug-likeness (QED) is 0.751. The van der Waals surface area contributed by atoms with Gasteiger partial charge in [0, 0.05) is 32.9 Å². The van der Waals surface area contributed by atoms with Crippen molar-refractivity contribution in [3.05, 3.63) is 23.8 Å². The molecule has 0 aliphatic carbocycles. The van der Waals surface area contributed by atoms with E-state index in [1.54, 1.807) is 20.2 Å². The molecule has 0 aromatic heterocycles. The first-order chi connectivity index (χ1) is 9.10. The number of carbonyl (C=O) groups is 2. The van der Waals surface area contributed by atoms with Gasteiger partial charge in [0.1, 0.15) is 0 Å². The van der Waals surface area contributed by atoms with Crippen LogP contribution < -0.4 is 9.80 Å². The Kier molecular flexibility index (Phi) is 3.85. The summed E-state index contributed by atoms with van der Waals surface area (Å²) >= 11 is 0. The molecule has 0 bridgehead atoms. The van der Waals surface area contributed by atoms with Gasteiger partial charge < -0.3 is 14.5 Å². The van der Waals surface area contributed by atoms with Crippen molar-refractivity contribution in [3.8, 4) is 0 Å². The zero-order valence-electron chi connectivity index (χ0n) is 11.5. The molecule has 1 amide bonds. The van der Waals surface area contributed by atoms with Gasteiger partial charge in [-0.2, -0.15) is 0 Å². The number of hydrogen-bond acceptors (Lipinski definition) is 4. The van der Waals surface area contributed by atoms with Crippen molar-refractivity contribution in [1.29, 1.82) is 0 Å².